The highest BCUT2D eigenvalue weighted by molar-refractivity contribution is 5.95. The number of benzene rings is 1. The zero-order valence-electron chi connectivity index (χ0n) is 20.8. The second-order valence-corrected chi connectivity index (χ2v) is 9.58. The molecule has 5 rings (SSSR count). The maximum absolute atomic E-state index is 13.3. The average molecular weight is 490 g/mol. The maximum Gasteiger partial charge on any atom is 0.414 e. The molecule has 3 aromatic rings. The molecule has 2 amide bonds. The van der Waals surface area contributed by atoms with Crippen LogP contribution in [0.3, 0.4) is 0 Å². The molecule has 0 saturated carbocycles. The van der Waals surface area contributed by atoms with Crippen molar-refractivity contribution in [2.45, 2.75) is 58.2 Å². The number of amides is 2. The molecular formula is C26H31N7O3. The number of hydrogen-bond acceptors (Lipinski definition) is 6. The second-order valence-electron chi connectivity index (χ2n) is 9.58. The van der Waals surface area contributed by atoms with E-state index >= 15 is 0 Å². The first kappa shape index (κ1) is 23.9. The van der Waals surface area contributed by atoms with Crippen molar-refractivity contribution in [1.82, 2.24) is 24.2 Å². The summed E-state index contributed by atoms with van der Waals surface area (Å²) in [4.78, 5) is 34.4. The van der Waals surface area contributed by atoms with Gasteiger partial charge in [-0.1, -0.05) is 0 Å². The van der Waals surface area contributed by atoms with E-state index in [-0.39, 0.29) is 30.5 Å². The Bertz CT molecular complexity index is 1300. The number of hydrogen-bond donors (Lipinski definition) is 0. The van der Waals surface area contributed by atoms with Crippen molar-refractivity contribution in [3.05, 3.63) is 42.0 Å². The Morgan fingerprint density at radius 2 is 2.03 bits per heavy atom. The fraction of sp³-hybridized carbons (Fsp3) is 0.500. The standard InChI is InChI=1S/C26H31N7O3/c1-18-4-5-20-21(33(18)26(35)36-2)6-7-22-25(20)29-23(10-15-31-12-3-11-28-31)32(22)17-24(34)30-13-8-19(16-27)9-14-30/h3,6-7,11-12,18-19H,4-5,8-10,13-15,17H2,1-2H3/t18-/m0/s1. The molecule has 2 aromatic heterocycles. The summed E-state index contributed by atoms with van der Waals surface area (Å²) in [6.07, 6.45) is 6.94. The molecule has 0 radical (unpaired) electrons. The third kappa shape index (κ3) is 4.41. The Kier molecular flexibility index (Phi) is 6.63. The van der Waals surface area contributed by atoms with E-state index in [4.69, 9.17) is 9.72 Å². The van der Waals surface area contributed by atoms with Crippen LogP contribution in [0.1, 0.15) is 37.6 Å². The number of nitriles is 1. The Morgan fingerprint density at radius 1 is 1.22 bits per heavy atom. The molecular weight excluding hydrogens is 458 g/mol. The minimum absolute atomic E-state index is 0.0272. The number of piperidine rings is 1. The molecule has 1 aromatic carbocycles. The van der Waals surface area contributed by atoms with Gasteiger partial charge < -0.3 is 14.2 Å². The van der Waals surface area contributed by atoms with Crippen molar-refractivity contribution in [3.8, 4) is 6.07 Å². The van der Waals surface area contributed by atoms with Crippen LogP contribution < -0.4 is 4.90 Å². The predicted octanol–water partition coefficient (Wildman–Crippen LogP) is 3.15. The van der Waals surface area contributed by atoms with Gasteiger partial charge >= 0.3 is 6.09 Å². The van der Waals surface area contributed by atoms with Gasteiger partial charge in [-0.3, -0.25) is 14.4 Å². The fourth-order valence-corrected chi connectivity index (χ4v) is 5.36. The molecule has 36 heavy (non-hydrogen) atoms. The van der Waals surface area contributed by atoms with Crippen molar-refractivity contribution in [2.75, 3.05) is 25.1 Å². The zero-order chi connectivity index (χ0) is 25.2. The summed E-state index contributed by atoms with van der Waals surface area (Å²) in [6.45, 7) is 4.07. The number of fused-ring (bicyclic) bond motifs is 3. The predicted molar refractivity (Wildman–Crippen MR) is 133 cm³/mol. The number of aryl methyl sites for hydroxylation is 3. The normalized spacial score (nSPS) is 18.2. The molecule has 2 aliphatic rings. The summed E-state index contributed by atoms with van der Waals surface area (Å²) in [7, 11) is 1.40. The molecule has 0 aliphatic carbocycles. The van der Waals surface area contributed by atoms with Crippen LogP contribution in [0.5, 0.6) is 0 Å². The first-order valence-corrected chi connectivity index (χ1v) is 12.5. The number of carbonyl (C=O) groups is 2. The third-order valence-corrected chi connectivity index (χ3v) is 7.41. The van der Waals surface area contributed by atoms with Crippen LogP contribution in [-0.4, -0.2) is 62.5 Å². The van der Waals surface area contributed by atoms with Gasteiger partial charge in [-0.05, 0) is 50.8 Å². The molecule has 0 spiro atoms. The van der Waals surface area contributed by atoms with Gasteiger partial charge in [0.1, 0.15) is 12.4 Å². The number of aromatic nitrogens is 4. The Hall–Kier alpha value is -3.87. The second kappa shape index (κ2) is 10.0. The topological polar surface area (TPSA) is 109 Å². The van der Waals surface area contributed by atoms with Gasteiger partial charge in [-0.15, -0.1) is 0 Å². The average Bonchev–Trinajstić information content (AvgIpc) is 3.55. The summed E-state index contributed by atoms with van der Waals surface area (Å²) >= 11 is 0. The highest BCUT2D eigenvalue weighted by Gasteiger charge is 2.32. The molecule has 10 heteroatoms. The summed E-state index contributed by atoms with van der Waals surface area (Å²) in [5.74, 6) is 0.880. The summed E-state index contributed by atoms with van der Waals surface area (Å²) in [6, 6.07) is 8.14. The van der Waals surface area contributed by atoms with Gasteiger partial charge in [0, 0.05) is 56.0 Å². The van der Waals surface area contributed by atoms with Crippen molar-refractivity contribution >= 4 is 28.7 Å². The van der Waals surface area contributed by atoms with Crippen LogP contribution in [-0.2, 0) is 35.5 Å². The van der Waals surface area contributed by atoms with Gasteiger partial charge in [0.05, 0.1) is 29.9 Å². The quantitative estimate of drug-likeness (QED) is 0.545. The lowest BCUT2D eigenvalue weighted by atomic mass is 9.96. The lowest BCUT2D eigenvalue weighted by Crippen LogP contribution is -2.42. The Morgan fingerprint density at radius 3 is 2.72 bits per heavy atom. The minimum Gasteiger partial charge on any atom is -0.452 e. The smallest absolute Gasteiger partial charge is 0.414 e. The lowest BCUT2D eigenvalue weighted by molar-refractivity contribution is -0.133. The monoisotopic (exact) mass is 489 g/mol. The summed E-state index contributed by atoms with van der Waals surface area (Å²) in [5.41, 5.74) is 3.56. The molecule has 4 heterocycles. The van der Waals surface area contributed by atoms with E-state index in [1.807, 2.05) is 45.5 Å². The third-order valence-electron chi connectivity index (χ3n) is 7.41. The number of carbonyl (C=O) groups excluding carboxylic acids is 2. The maximum atomic E-state index is 13.3. The van der Waals surface area contributed by atoms with E-state index in [2.05, 4.69) is 11.2 Å². The fourth-order valence-electron chi connectivity index (χ4n) is 5.36. The molecule has 1 fully saturated rings. The number of anilines is 1. The highest BCUT2D eigenvalue weighted by Crippen LogP contribution is 2.36. The van der Waals surface area contributed by atoms with E-state index in [1.54, 1.807) is 11.1 Å². The summed E-state index contributed by atoms with van der Waals surface area (Å²) < 4.78 is 8.92. The number of likely N-dealkylation sites (tertiary alicyclic amines) is 1. The van der Waals surface area contributed by atoms with Crippen molar-refractivity contribution in [2.24, 2.45) is 5.92 Å². The Balaban J connectivity index is 1.50. The molecule has 0 unspecified atom stereocenters. The molecule has 2 aliphatic heterocycles. The van der Waals surface area contributed by atoms with Crippen LogP contribution in [0.25, 0.3) is 11.0 Å². The van der Waals surface area contributed by atoms with Crippen LogP contribution in [0.4, 0.5) is 10.5 Å². The first-order valence-electron chi connectivity index (χ1n) is 12.5. The van der Waals surface area contributed by atoms with Gasteiger partial charge in [0.25, 0.3) is 0 Å². The van der Waals surface area contributed by atoms with Gasteiger partial charge in [-0.2, -0.15) is 10.4 Å². The Labute approximate surface area is 210 Å². The van der Waals surface area contributed by atoms with Crippen molar-refractivity contribution in [3.63, 3.8) is 0 Å². The van der Waals surface area contributed by atoms with Crippen molar-refractivity contribution < 1.29 is 14.3 Å². The van der Waals surface area contributed by atoms with Crippen molar-refractivity contribution in [1.29, 1.82) is 5.26 Å². The van der Waals surface area contributed by atoms with Gasteiger partial charge in [0.2, 0.25) is 5.91 Å². The molecule has 10 nitrogen and oxygen atoms in total. The van der Waals surface area contributed by atoms with E-state index in [0.717, 1.165) is 41.0 Å². The molecule has 0 N–H and O–H groups in total. The number of rotatable bonds is 5. The zero-order valence-corrected chi connectivity index (χ0v) is 20.8. The van der Waals surface area contributed by atoms with E-state index in [1.165, 1.54) is 7.11 Å². The number of methoxy groups -OCH3 is 1. The highest BCUT2D eigenvalue weighted by atomic mass is 16.5. The molecule has 0 bridgehead atoms. The van der Waals surface area contributed by atoms with Gasteiger partial charge in [0.15, 0.2) is 0 Å². The summed E-state index contributed by atoms with van der Waals surface area (Å²) in [5, 5.41) is 13.5. The van der Waals surface area contributed by atoms with Crippen LogP contribution in [0, 0.1) is 17.2 Å². The van der Waals surface area contributed by atoms with Crippen LogP contribution in [0.15, 0.2) is 30.6 Å². The number of ether oxygens (including phenoxy) is 1. The largest absolute Gasteiger partial charge is 0.452 e. The van der Waals surface area contributed by atoms with E-state index in [9.17, 15) is 14.9 Å². The molecule has 1 atom stereocenters. The molecule has 1 saturated heterocycles. The van der Waals surface area contributed by atoms with Crippen LogP contribution in [0.2, 0.25) is 0 Å². The van der Waals surface area contributed by atoms with Gasteiger partial charge in [-0.25, -0.2) is 9.78 Å². The van der Waals surface area contributed by atoms with E-state index < -0.39 is 0 Å². The number of imidazole rings is 1. The van der Waals surface area contributed by atoms with Crippen LogP contribution >= 0.6 is 0 Å². The first-order chi connectivity index (χ1) is 17.5. The lowest BCUT2D eigenvalue weighted by Gasteiger charge is -2.34. The minimum atomic E-state index is -0.378. The van der Waals surface area contributed by atoms with E-state index in [0.29, 0.717) is 38.9 Å². The molecule has 188 valence electrons. The number of nitrogens with zero attached hydrogens (tertiary/aromatic N) is 7. The SMILES string of the molecule is COC(=O)N1c2ccc3c(nc(CCn4cccn4)n3CC(=O)N3CCC(C#N)CC3)c2CC[C@@H]1C.